The predicted octanol–water partition coefficient (Wildman–Crippen LogP) is 2.11. The van der Waals surface area contributed by atoms with Crippen molar-refractivity contribution in [3.63, 3.8) is 0 Å². The highest BCUT2D eigenvalue weighted by molar-refractivity contribution is 9.10. The van der Waals surface area contributed by atoms with Crippen molar-refractivity contribution in [1.29, 1.82) is 0 Å². The number of aryl methyl sites for hydroxylation is 1. The molecular weight excluding hydrogens is 304 g/mol. The number of nitrogens with one attached hydrogen (secondary N) is 2. The fourth-order valence-electron chi connectivity index (χ4n) is 1.39. The van der Waals surface area contributed by atoms with Gasteiger partial charge in [0.25, 0.3) is 0 Å². The van der Waals surface area contributed by atoms with Crippen LogP contribution >= 0.6 is 15.9 Å². The Morgan fingerprint density at radius 1 is 1.41 bits per heavy atom. The van der Waals surface area contributed by atoms with Crippen molar-refractivity contribution in [1.82, 2.24) is 5.32 Å². The fraction of sp³-hybridized carbons (Fsp3) is 0.455. The van der Waals surface area contributed by atoms with Crippen molar-refractivity contribution >= 4 is 31.6 Å². The van der Waals surface area contributed by atoms with Crippen LogP contribution in [0.1, 0.15) is 12.5 Å². The fourth-order valence-corrected chi connectivity index (χ4v) is 2.99. The molecule has 1 aromatic carbocycles. The predicted molar refractivity (Wildman–Crippen MR) is 74.8 cm³/mol. The molecule has 0 amide bonds. The monoisotopic (exact) mass is 320 g/mol. The Bertz CT molecular complexity index is 488. The van der Waals surface area contributed by atoms with Gasteiger partial charge in [-0.3, -0.25) is 4.72 Å². The quantitative estimate of drug-likeness (QED) is 0.873. The van der Waals surface area contributed by atoms with Crippen LogP contribution in [0.2, 0.25) is 0 Å². The molecule has 1 unspecified atom stereocenters. The van der Waals surface area contributed by atoms with Gasteiger partial charge in [-0.1, -0.05) is 15.9 Å². The second kappa shape index (κ2) is 5.84. The first kappa shape index (κ1) is 14.5. The molecule has 0 saturated carbocycles. The molecule has 17 heavy (non-hydrogen) atoms. The number of halogens is 1. The largest absolute Gasteiger partial charge is 0.318 e. The van der Waals surface area contributed by atoms with E-state index in [0.717, 1.165) is 10.0 Å². The zero-order chi connectivity index (χ0) is 13.1. The zero-order valence-electron chi connectivity index (χ0n) is 10.1. The molecule has 0 bridgehead atoms. The summed E-state index contributed by atoms with van der Waals surface area (Å²) in [6, 6.07) is 5.44. The van der Waals surface area contributed by atoms with Crippen LogP contribution in [-0.2, 0) is 10.0 Å². The summed E-state index contributed by atoms with van der Waals surface area (Å²) in [5.74, 6) is 0. The molecule has 2 N–H and O–H groups in total. The van der Waals surface area contributed by atoms with E-state index in [1.54, 1.807) is 20.0 Å². The summed E-state index contributed by atoms with van der Waals surface area (Å²) < 4.78 is 27.5. The van der Waals surface area contributed by atoms with Gasteiger partial charge in [-0.15, -0.1) is 0 Å². The molecule has 0 heterocycles. The van der Waals surface area contributed by atoms with Crippen LogP contribution in [-0.4, -0.2) is 27.3 Å². The van der Waals surface area contributed by atoms with Gasteiger partial charge in [-0.25, -0.2) is 8.42 Å². The molecule has 1 atom stereocenters. The molecule has 0 aliphatic carbocycles. The van der Waals surface area contributed by atoms with E-state index in [1.807, 2.05) is 19.1 Å². The molecule has 0 saturated heterocycles. The van der Waals surface area contributed by atoms with E-state index < -0.39 is 15.3 Å². The third kappa shape index (κ3) is 3.97. The first-order valence-corrected chi connectivity index (χ1v) is 7.63. The number of benzene rings is 1. The lowest BCUT2D eigenvalue weighted by atomic mass is 10.2. The summed E-state index contributed by atoms with van der Waals surface area (Å²) in [7, 11) is -1.61. The van der Waals surface area contributed by atoms with Crippen molar-refractivity contribution in [3.8, 4) is 0 Å². The number of anilines is 1. The lowest BCUT2D eigenvalue weighted by Gasteiger charge is -2.15. The molecule has 1 aromatic rings. The van der Waals surface area contributed by atoms with Gasteiger partial charge in [0.15, 0.2) is 0 Å². The third-order valence-corrected chi connectivity index (χ3v) is 4.69. The molecule has 0 aromatic heterocycles. The Morgan fingerprint density at radius 3 is 2.59 bits per heavy atom. The Labute approximate surface area is 111 Å². The summed E-state index contributed by atoms with van der Waals surface area (Å²) in [5, 5.41) is 2.38. The lowest BCUT2D eigenvalue weighted by molar-refractivity contribution is 0.583. The molecule has 4 nitrogen and oxygen atoms in total. The summed E-state index contributed by atoms with van der Waals surface area (Å²) in [4.78, 5) is 0. The van der Waals surface area contributed by atoms with Crippen molar-refractivity contribution in [3.05, 3.63) is 28.2 Å². The van der Waals surface area contributed by atoms with E-state index in [-0.39, 0.29) is 0 Å². The second-order valence-electron chi connectivity index (χ2n) is 3.97. The van der Waals surface area contributed by atoms with Crippen molar-refractivity contribution < 1.29 is 8.42 Å². The van der Waals surface area contributed by atoms with Gasteiger partial charge in [0, 0.05) is 11.0 Å². The minimum Gasteiger partial charge on any atom is -0.318 e. The maximum absolute atomic E-state index is 12.0. The third-order valence-electron chi connectivity index (χ3n) is 2.46. The maximum atomic E-state index is 12.0. The van der Waals surface area contributed by atoms with Gasteiger partial charge in [-0.2, -0.15) is 0 Å². The number of hydrogen-bond acceptors (Lipinski definition) is 3. The van der Waals surface area contributed by atoms with Crippen LogP contribution in [0.5, 0.6) is 0 Å². The molecule has 0 aliphatic rings. The normalized spacial score (nSPS) is 13.4. The van der Waals surface area contributed by atoms with Gasteiger partial charge in [-0.05, 0) is 44.7 Å². The maximum Gasteiger partial charge on any atom is 0.236 e. The highest BCUT2D eigenvalue weighted by atomic mass is 79.9. The van der Waals surface area contributed by atoms with E-state index >= 15 is 0 Å². The van der Waals surface area contributed by atoms with Crippen LogP contribution in [0.4, 0.5) is 5.69 Å². The zero-order valence-corrected chi connectivity index (χ0v) is 12.5. The summed E-state index contributed by atoms with van der Waals surface area (Å²) in [6.07, 6.45) is 0. The summed E-state index contributed by atoms with van der Waals surface area (Å²) in [5.41, 5.74) is 1.51. The summed E-state index contributed by atoms with van der Waals surface area (Å²) in [6.45, 7) is 3.96. The Hall–Kier alpha value is -0.590. The summed E-state index contributed by atoms with van der Waals surface area (Å²) >= 11 is 3.34. The van der Waals surface area contributed by atoms with Crippen molar-refractivity contribution in [2.45, 2.75) is 19.1 Å². The number of sulfonamides is 1. The molecule has 0 fully saturated rings. The minimum absolute atomic E-state index is 0.422. The van der Waals surface area contributed by atoms with Gasteiger partial charge in [0.2, 0.25) is 10.0 Å². The van der Waals surface area contributed by atoms with E-state index in [4.69, 9.17) is 0 Å². The standard InChI is InChI=1S/C11H17BrN2O2S/c1-8-6-10(12)4-5-11(8)14-17(15,16)9(2)7-13-3/h4-6,9,13-14H,7H2,1-3H3. The van der Waals surface area contributed by atoms with Crippen LogP contribution in [0.25, 0.3) is 0 Å². The van der Waals surface area contributed by atoms with E-state index in [2.05, 4.69) is 26.0 Å². The average Bonchev–Trinajstić information content (AvgIpc) is 2.22. The first-order valence-electron chi connectivity index (χ1n) is 5.29. The number of hydrogen-bond donors (Lipinski definition) is 2. The lowest BCUT2D eigenvalue weighted by Crippen LogP contribution is -2.33. The molecule has 0 aliphatic heterocycles. The molecule has 6 heteroatoms. The van der Waals surface area contributed by atoms with Crippen molar-refractivity contribution in [2.24, 2.45) is 0 Å². The van der Waals surface area contributed by atoms with E-state index in [9.17, 15) is 8.42 Å². The molecular formula is C11H17BrN2O2S. The Morgan fingerprint density at radius 2 is 2.06 bits per heavy atom. The molecule has 0 spiro atoms. The second-order valence-corrected chi connectivity index (χ2v) is 6.99. The topological polar surface area (TPSA) is 58.2 Å². The van der Waals surface area contributed by atoms with E-state index in [0.29, 0.717) is 12.2 Å². The van der Waals surface area contributed by atoms with Crippen LogP contribution in [0, 0.1) is 6.92 Å². The van der Waals surface area contributed by atoms with Crippen LogP contribution in [0.3, 0.4) is 0 Å². The molecule has 0 radical (unpaired) electrons. The number of rotatable bonds is 5. The van der Waals surface area contributed by atoms with E-state index in [1.165, 1.54) is 0 Å². The molecule has 1 rings (SSSR count). The van der Waals surface area contributed by atoms with Gasteiger partial charge >= 0.3 is 0 Å². The Balaban J connectivity index is 2.90. The van der Waals surface area contributed by atoms with Crippen LogP contribution < -0.4 is 10.0 Å². The van der Waals surface area contributed by atoms with Crippen LogP contribution in [0.15, 0.2) is 22.7 Å². The highest BCUT2D eigenvalue weighted by Crippen LogP contribution is 2.21. The van der Waals surface area contributed by atoms with Gasteiger partial charge in [0.05, 0.1) is 10.9 Å². The smallest absolute Gasteiger partial charge is 0.236 e. The van der Waals surface area contributed by atoms with Crippen molar-refractivity contribution in [2.75, 3.05) is 18.3 Å². The minimum atomic E-state index is -3.34. The molecule has 96 valence electrons. The average molecular weight is 321 g/mol. The SMILES string of the molecule is CNCC(C)S(=O)(=O)Nc1ccc(Br)cc1C. The van der Waals surface area contributed by atoms with Gasteiger partial charge in [0.1, 0.15) is 0 Å². The highest BCUT2D eigenvalue weighted by Gasteiger charge is 2.20. The Kier molecular flexibility index (Phi) is 4.97. The van der Waals surface area contributed by atoms with Gasteiger partial charge < -0.3 is 5.32 Å². The first-order chi connectivity index (χ1) is 7.86.